The number of nitrogens with two attached hydrogens (primary N) is 1. The Morgan fingerprint density at radius 1 is 1.28 bits per heavy atom. The quantitative estimate of drug-likeness (QED) is 0.242. The van der Waals surface area contributed by atoms with E-state index in [1.54, 1.807) is 11.9 Å². The van der Waals surface area contributed by atoms with Crippen LogP contribution in [0.4, 0.5) is 0 Å². The fourth-order valence-electron chi connectivity index (χ4n) is 4.17. The molecule has 0 saturated heterocycles. The second-order valence-electron chi connectivity index (χ2n) is 8.77. The number of rotatable bonds is 10. The number of benzene rings is 1. The topological polar surface area (TPSA) is 38.0 Å². The van der Waals surface area contributed by atoms with Gasteiger partial charge in [-0.05, 0) is 87.9 Å². The van der Waals surface area contributed by atoms with E-state index >= 15 is 0 Å². The van der Waals surface area contributed by atoms with Gasteiger partial charge in [0.05, 0.1) is 0 Å². The van der Waals surface area contributed by atoms with Crippen molar-refractivity contribution >= 4 is 11.9 Å². The summed E-state index contributed by atoms with van der Waals surface area (Å²) < 4.78 is 3.41. The molecule has 0 bridgehead atoms. The summed E-state index contributed by atoms with van der Waals surface area (Å²) in [5.41, 5.74) is 13.9. The molecule has 0 spiro atoms. The number of hydrogen-bond acceptors (Lipinski definition) is 3. The monoisotopic (exact) mass is 412 g/mol. The van der Waals surface area contributed by atoms with E-state index in [4.69, 9.17) is 5.73 Å². The molecule has 0 radical (unpaired) electrons. The molecule has 0 amide bonds. The molecular weight excluding hydrogens is 372 g/mol. The Hall–Kier alpha value is -1.45. The minimum atomic E-state index is -0.0637. The fraction of sp³-hybridized carbons (Fsp3) is 0.538. The molecule has 1 aliphatic rings. The first-order chi connectivity index (χ1) is 13.8. The van der Waals surface area contributed by atoms with Gasteiger partial charge in [0.1, 0.15) is 0 Å². The molecule has 3 atom stereocenters. The van der Waals surface area contributed by atoms with E-state index in [1.165, 1.54) is 64.8 Å². The molecule has 0 aromatic heterocycles. The van der Waals surface area contributed by atoms with Crippen LogP contribution in [0.5, 0.6) is 0 Å². The third-order valence-corrected chi connectivity index (χ3v) is 7.29. The molecule has 1 aromatic rings. The van der Waals surface area contributed by atoms with Crippen molar-refractivity contribution in [2.45, 2.75) is 90.0 Å². The Kier molecular flexibility index (Phi) is 9.10. The van der Waals surface area contributed by atoms with Crippen molar-refractivity contribution in [1.82, 2.24) is 4.72 Å². The Morgan fingerprint density at radius 3 is 2.62 bits per heavy atom. The van der Waals surface area contributed by atoms with E-state index in [0.29, 0.717) is 11.8 Å². The summed E-state index contributed by atoms with van der Waals surface area (Å²) in [6, 6.07) is 4.66. The van der Waals surface area contributed by atoms with Crippen molar-refractivity contribution in [2.24, 2.45) is 11.7 Å². The van der Waals surface area contributed by atoms with Crippen molar-refractivity contribution in [3.8, 4) is 0 Å². The molecule has 1 aromatic carbocycles. The molecule has 3 unspecified atom stereocenters. The highest BCUT2D eigenvalue weighted by atomic mass is 32.2. The summed E-state index contributed by atoms with van der Waals surface area (Å²) in [5.74, 6) is 0.940. The Bertz CT molecular complexity index is 760. The minimum absolute atomic E-state index is 0.0637. The molecule has 160 valence electrons. The van der Waals surface area contributed by atoms with E-state index < -0.39 is 0 Å². The number of unbranched alkanes of at least 4 members (excludes halogenated alkanes) is 2. The van der Waals surface area contributed by atoms with Crippen molar-refractivity contribution in [3.05, 3.63) is 64.9 Å². The van der Waals surface area contributed by atoms with E-state index in [1.807, 2.05) is 6.92 Å². The van der Waals surface area contributed by atoms with Gasteiger partial charge in [0, 0.05) is 22.6 Å². The zero-order valence-corrected chi connectivity index (χ0v) is 19.9. The summed E-state index contributed by atoms with van der Waals surface area (Å²) in [7, 11) is 0. The lowest BCUT2D eigenvalue weighted by atomic mass is 9.73. The van der Waals surface area contributed by atoms with E-state index in [2.05, 4.69) is 63.8 Å². The zero-order valence-electron chi connectivity index (χ0n) is 19.1. The highest BCUT2D eigenvalue weighted by Gasteiger charge is 2.28. The Labute approximate surface area is 183 Å². The molecule has 1 aliphatic carbocycles. The molecule has 0 aliphatic heterocycles. The van der Waals surface area contributed by atoms with Gasteiger partial charge in [0.15, 0.2) is 0 Å². The van der Waals surface area contributed by atoms with Gasteiger partial charge in [-0.3, -0.25) is 0 Å². The molecular formula is C26H40N2S. The van der Waals surface area contributed by atoms with Crippen molar-refractivity contribution in [2.75, 3.05) is 0 Å². The lowest BCUT2D eigenvalue weighted by molar-refractivity contribution is 0.481. The zero-order chi connectivity index (χ0) is 21.6. The molecule has 0 saturated carbocycles. The molecule has 2 nitrogen and oxygen atoms in total. The summed E-state index contributed by atoms with van der Waals surface area (Å²) in [4.78, 5) is 1.34. The summed E-state index contributed by atoms with van der Waals surface area (Å²) >= 11 is 1.68. The SMILES string of the molecule is C=C(NSc1c(CCCCC)ccc(C2C=C(C)CCC2C(=C)C)c1C)C(C)N. The maximum atomic E-state index is 6.00. The first-order valence-corrected chi connectivity index (χ1v) is 11.9. The predicted molar refractivity (Wildman–Crippen MR) is 130 cm³/mol. The maximum Gasteiger partial charge on any atom is 0.0418 e. The van der Waals surface area contributed by atoms with Gasteiger partial charge in [-0.15, -0.1) is 0 Å². The van der Waals surface area contributed by atoms with Gasteiger partial charge in [0.25, 0.3) is 0 Å². The molecule has 0 heterocycles. The standard InChI is InChI=1S/C26H40N2S/c1-8-9-10-11-22-13-15-24(19(5)26(22)29-28-21(7)20(6)27)25-16-18(4)12-14-23(25)17(2)3/h13,15-16,20,23,25,28H,2,7-12,14,27H2,1,3-6H3. The largest absolute Gasteiger partial charge is 0.328 e. The van der Waals surface area contributed by atoms with Crippen LogP contribution in [0, 0.1) is 12.8 Å². The summed E-state index contributed by atoms with van der Waals surface area (Å²) in [6.07, 6.45) is 9.71. The molecule has 0 fully saturated rings. The average Bonchev–Trinajstić information content (AvgIpc) is 2.67. The van der Waals surface area contributed by atoms with Gasteiger partial charge in [-0.1, -0.05) is 62.3 Å². The number of nitrogens with one attached hydrogen (secondary N) is 1. The van der Waals surface area contributed by atoms with E-state index in [0.717, 1.165) is 12.1 Å². The second kappa shape index (κ2) is 11.1. The third kappa shape index (κ3) is 6.26. The predicted octanol–water partition coefficient (Wildman–Crippen LogP) is 7.20. The lowest BCUT2D eigenvalue weighted by Gasteiger charge is -2.32. The van der Waals surface area contributed by atoms with Crippen LogP contribution in [0.25, 0.3) is 0 Å². The lowest BCUT2D eigenvalue weighted by Crippen LogP contribution is -2.24. The molecule has 3 heteroatoms. The maximum absolute atomic E-state index is 6.00. The van der Waals surface area contributed by atoms with Crippen LogP contribution in [-0.4, -0.2) is 6.04 Å². The molecule has 2 rings (SSSR count). The van der Waals surface area contributed by atoms with Crippen molar-refractivity contribution < 1.29 is 0 Å². The van der Waals surface area contributed by atoms with Gasteiger partial charge in [-0.25, -0.2) is 0 Å². The van der Waals surface area contributed by atoms with Gasteiger partial charge >= 0.3 is 0 Å². The van der Waals surface area contributed by atoms with Gasteiger partial charge in [-0.2, -0.15) is 0 Å². The van der Waals surface area contributed by atoms with E-state index in [-0.39, 0.29) is 6.04 Å². The number of aryl methyl sites for hydroxylation is 1. The average molecular weight is 413 g/mol. The van der Waals surface area contributed by atoms with E-state index in [9.17, 15) is 0 Å². The molecule has 3 N–H and O–H groups in total. The fourth-order valence-corrected chi connectivity index (χ4v) is 5.16. The summed E-state index contributed by atoms with van der Waals surface area (Å²) in [5, 5.41) is 0. The normalized spacial score (nSPS) is 20.1. The third-order valence-electron chi connectivity index (χ3n) is 6.15. The second-order valence-corrected chi connectivity index (χ2v) is 9.59. The highest BCUT2D eigenvalue weighted by molar-refractivity contribution is 7.97. The number of allylic oxidation sites excluding steroid dienone is 3. The first-order valence-electron chi connectivity index (χ1n) is 11.1. The summed E-state index contributed by atoms with van der Waals surface area (Å²) in [6.45, 7) is 19.3. The van der Waals surface area contributed by atoms with Crippen LogP contribution in [0.15, 0.2) is 53.1 Å². The van der Waals surface area contributed by atoms with Crippen LogP contribution >= 0.6 is 11.9 Å². The molecule has 29 heavy (non-hydrogen) atoms. The van der Waals surface area contributed by atoms with Crippen molar-refractivity contribution in [1.29, 1.82) is 0 Å². The Balaban J connectivity index is 2.42. The number of hydrogen-bond donors (Lipinski definition) is 2. The Morgan fingerprint density at radius 2 is 2.00 bits per heavy atom. The van der Waals surface area contributed by atoms with Crippen LogP contribution in [0.1, 0.15) is 82.4 Å². The van der Waals surface area contributed by atoms with Crippen LogP contribution in [0.2, 0.25) is 0 Å². The highest BCUT2D eigenvalue weighted by Crippen LogP contribution is 2.43. The minimum Gasteiger partial charge on any atom is -0.328 e. The first kappa shape index (κ1) is 23.8. The van der Waals surface area contributed by atoms with Crippen LogP contribution < -0.4 is 10.5 Å². The van der Waals surface area contributed by atoms with Gasteiger partial charge < -0.3 is 10.5 Å². The van der Waals surface area contributed by atoms with Crippen molar-refractivity contribution in [3.63, 3.8) is 0 Å². The smallest absolute Gasteiger partial charge is 0.0418 e. The van der Waals surface area contributed by atoms with Crippen LogP contribution in [0.3, 0.4) is 0 Å². The van der Waals surface area contributed by atoms with Crippen LogP contribution in [-0.2, 0) is 6.42 Å². The van der Waals surface area contributed by atoms with Gasteiger partial charge in [0.2, 0.25) is 0 Å².